The quantitative estimate of drug-likeness (QED) is 0.484. The van der Waals surface area contributed by atoms with Crippen LogP contribution in [0.25, 0.3) is 0 Å². The Balaban J connectivity index is 2.73. The third-order valence-corrected chi connectivity index (χ3v) is 2.94. The Bertz CT molecular complexity index is 147. The molecule has 0 spiro atoms. The first-order chi connectivity index (χ1) is 3.98. The number of hydrogen-bond donors (Lipinski definition) is 0. The van der Waals surface area contributed by atoms with E-state index in [9.17, 15) is 4.79 Å². The van der Waals surface area contributed by atoms with Crippen LogP contribution in [0.1, 0.15) is 27.7 Å². The van der Waals surface area contributed by atoms with Gasteiger partial charge in [-0.1, -0.05) is 27.7 Å². The van der Waals surface area contributed by atoms with Crippen molar-refractivity contribution in [1.82, 2.24) is 0 Å². The Morgan fingerprint density at radius 2 is 1.78 bits per heavy atom. The summed E-state index contributed by atoms with van der Waals surface area (Å²) in [5.74, 6) is 1.31. The smallest absolute Gasteiger partial charge is 0.141 e. The average molecular weight is 126 g/mol. The van der Waals surface area contributed by atoms with Crippen molar-refractivity contribution < 1.29 is 4.79 Å². The lowest BCUT2D eigenvalue weighted by atomic mass is 9.56. The summed E-state index contributed by atoms with van der Waals surface area (Å²) in [5.41, 5.74) is -0.0284. The Kier molecular flexibility index (Phi) is 1.20. The molecule has 1 nitrogen and oxygen atoms in total. The van der Waals surface area contributed by atoms with Crippen LogP contribution in [-0.2, 0) is 4.79 Å². The van der Waals surface area contributed by atoms with E-state index in [2.05, 4.69) is 6.92 Å². The molecule has 0 amide bonds. The molecule has 9 heavy (non-hydrogen) atoms. The first-order valence-electron chi connectivity index (χ1n) is 3.52. The average Bonchev–Trinajstić information content (AvgIpc) is 1.84. The van der Waals surface area contributed by atoms with Gasteiger partial charge < -0.3 is 0 Å². The molecule has 1 aliphatic rings. The lowest BCUT2D eigenvalue weighted by Gasteiger charge is -2.46. The maximum atomic E-state index is 11.1. The summed E-state index contributed by atoms with van der Waals surface area (Å²) in [5, 5.41) is 0. The molecule has 0 unspecified atom stereocenters. The first kappa shape index (κ1) is 6.79. The number of carbonyl (C=O) groups excluding carboxylic acids is 1. The van der Waals surface area contributed by atoms with Gasteiger partial charge in [-0.3, -0.25) is 4.79 Å². The van der Waals surface area contributed by atoms with Gasteiger partial charge in [0.2, 0.25) is 0 Å². The summed E-state index contributed by atoms with van der Waals surface area (Å²) in [6, 6.07) is 0. The van der Waals surface area contributed by atoms with Crippen LogP contribution in [0.5, 0.6) is 0 Å². The Hall–Kier alpha value is -0.330. The predicted molar refractivity (Wildman–Crippen MR) is 37.1 cm³/mol. The van der Waals surface area contributed by atoms with Crippen molar-refractivity contribution in [2.75, 3.05) is 0 Å². The van der Waals surface area contributed by atoms with E-state index in [-0.39, 0.29) is 5.41 Å². The largest absolute Gasteiger partial charge is 0.299 e. The SMILES string of the molecule is C[C@@H]1C(=O)C(C)(C)[C@H]1C. The highest BCUT2D eigenvalue weighted by atomic mass is 16.1. The van der Waals surface area contributed by atoms with Crippen LogP contribution in [0.2, 0.25) is 0 Å². The molecular weight excluding hydrogens is 112 g/mol. The molecule has 1 heteroatoms. The van der Waals surface area contributed by atoms with Crippen molar-refractivity contribution in [3.63, 3.8) is 0 Å². The fourth-order valence-electron chi connectivity index (χ4n) is 1.57. The minimum absolute atomic E-state index is 0.0284. The van der Waals surface area contributed by atoms with Crippen molar-refractivity contribution >= 4 is 5.78 Å². The van der Waals surface area contributed by atoms with Crippen LogP contribution in [0.4, 0.5) is 0 Å². The highest BCUT2D eigenvalue weighted by Gasteiger charge is 2.50. The van der Waals surface area contributed by atoms with Crippen LogP contribution < -0.4 is 0 Å². The zero-order chi connectivity index (χ0) is 7.23. The zero-order valence-corrected chi connectivity index (χ0v) is 6.56. The molecule has 0 bridgehead atoms. The molecule has 0 aromatic heterocycles. The Labute approximate surface area is 56.4 Å². The topological polar surface area (TPSA) is 17.1 Å². The summed E-state index contributed by atoms with van der Waals surface area (Å²) in [4.78, 5) is 11.1. The lowest BCUT2D eigenvalue weighted by molar-refractivity contribution is -0.150. The third-order valence-electron chi connectivity index (χ3n) is 2.94. The van der Waals surface area contributed by atoms with Crippen molar-refractivity contribution in [2.45, 2.75) is 27.7 Å². The maximum Gasteiger partial charge on any atom is 0.141 e. The molecule has 0 saturated heterocycles. The molecule has 1 saturated carbocycles. The van der Waals surface area contributed by atoms with Gasteiger partial charge in [0.25, 0.3) is 0 Å². The van der Waals surface area contributed by atoms with E-state index in [4.69, 9.17) is 0 Å². The molecule has 0 heterocycles. The van der Waals surface area contributed by atoms with Gasteiger partial charge in [0.05, 0.1) is 0 Å². The maximum absolute atomic E-state index is 11.1. The van der Waals surface area contributed by atoms with Crippen molar-refractivity contribution in [3.8, 4) is 0 Å². The van der Waals surface area contributed by atoms with Gasteiger partial charge in [-0.15, -0.1) is 0 Å². The highest BCUT2D eigenvalue weighted by molar-refractivity contribution is 5.92. The van der Waals surface area contributed by atoms with Gasteiger partial charge in [-0.25, -0.2) is 0 Å². The molecule has 0 aromatic rings. The molecule has 2 atom stereocenters. The number of ketones is 1. The second-order valence-electron chi connectivity index (χ2n) is 3.66. The number of hydrogen-bond acceptors (Lipinski definition) is 1. The molecule has 0 aliphatic heterocycles. The third kappa shape index (κ3) is 0.637. The predicted octanol–water partition coefficient (Wildman–Crippen LogP) is 1.87. The molecule has 1 rings (SSSR count). The van der Waals surface area contributed by atoms with E-state index in [1.165, 1.54) is 0 Å². The van der Waals surface area contributed by atoms with Crippen LogP contribution >= 0.6 is 0 Å². The van der Waals surface area contributed by atoms with Crippen LogP contribution in [0.15, 0.2) is 0 Å². The van der Waals surface area contributed by atoms with E-state index in [0.717, 1.165) is 0 Å². The normalized spacial score (nSPS) is 40.2. The molecule has 0 N–H and O–H groups in total. The monoisotopic (exact) mass is 126 g/mol. The van der Waals surface area contributed by atoms with Gasteiger partial charge in [-0.2, -0.15) is 0 Å². The van der Waals surface area contributed by atoms with Gasteiger partial charge in [0.15, 0.2) is 0 Å². The molecular formula is C8H14O. The number of carbonyl (C=O) groups is 1. The summed E-state index contributed by atoms with van der Waals surface area (Å²) >= 11 is 0. The number of rotatable bonds is 0. The minimum atomic E-state index is -0.0284. The van der Waals surface area contributed by atoms with Crippen molar-refractivity contribution in [2.24, 2.45) is 17.3 Å². The minimum Gasteiger partial charge on any atom is -0.299 e. The zero-order valence-electron chi connectivity index (χ0n) is 6.56. The number of Topliss-reactive ketones (excluding diaryl/α,β-unsaturated/α-hetero) is 1. The molecule has 0 aromatic carbocycles. The van der Waals surface area contributed by atoms with E-state index >= 15 is 0 Å². The van der Waals surface area contributed by atoms with E-state index in [1.807, 2.05) is 20.8 Å². The van der Waals surface area contributed by atoms with Gasteiger partial charge in [-0.05, 0) is 5.92 Å². The second-order valence-corrected chi connectivity index (χ2v) is 3.66. The van der Waals surface area contributed by atoms with Gasteiger partial charge >= 0.3 is 0 Å². The molecule has 0 radical (unpaired) electrons. The van der Waals surface area contributed by atoms with E-state index in [1.54, 1.807) is 0 Å². The van der Waals surface area contributed by atoms with Crippen LogP contribution in [0, 0.1) is 17.3 Å². The summed E-state index contributed by atoms with van der Waals surface area (Å²) in [7, 11) is 0. The molecule has 1 aliphatic carbocycles. The van der Waals surface area contributed by atoms with E-state index < -0.39 is 0 Å². The van der Waals surface area contributed by atoms with Gasteiger partial charge in [0, 0.05) is 11.3 Å². The lowest BCUT2D eigenvalue weighted by Crippen LogP contribution is -2.51. The van der Waals surface area contributed by atoms with Crippen LogP contribution in [0.3, 0.4) is 0 Å². The molecule has 1 fully saturated rings. The van der Waals surface area contributed by atoms with Crippen LogP contribution in [-0.4, -0.2) is 5.78 Å². The van der Waals surface area contributed by atoms with E-state index in [0.29, 0.717) is 17.6 Å². The van der Waals surface area contributed by atoms with Crippen molar-refractivity contribution in [1.29, 1.82) is 0 Å². The first-order valence-corrected chi connectivity index (χ1v) is 3.52. The Morgan fingerprint density at radius 1 is 1.33 bits per heavy atom. The summed E-state index contributed by atoms with van der Waals surface area (Å²) in [6.07, 6.45) is 0. The fourth-order valence-corrected chi connectivity index (χ4v) is 1.57. The van der Waals surface area contributed by atoms with Gasteiger partial charge in [0.1, 0.15) is 5.78 Å². The molecule has 52 valence electrons. The Morgan fingerprint density at radius 3 is 1.89 bits per heavy atom. The fraction of sp³-hybridized carbons (Fsp3) is 0.875. The standard InChI is InChI=1S/C8H14O/c1-5-6(2)8(3,4)7(5)9/h5-6H,1-4H3/t5-,6-/m0/s1. The second kappa shape index (κ2) is 1.59. The summed E-state index contributed by atoms with van der Waals surface area (Å²) in [6.45, 7) is 8.21. The highest BCUT2D eigenvalue weighted by Crippen LogP contribution is 2.46. The van der Waals surface area contributed by atoms with Crippen molar-refractivity contribution in [3.05, 3.63) is 0 Å². The summed E-state index contributed by atoms with van der Waals surface area (Å²) < 4.78 is 0.